The van der Waals surface area contributed by atoms with Gasteiger partial charge in [0.05, 0.1) is 19.8 Å². The van der Waals surface area contributed by atoms with E-state index in [-0.39, 0.29) is 12.5 Å². The number of benzene rings is 2. The summed E-state index contributed by atoms with van der Waals surface area (Å²) in [5.41, 5.74) is 1.81. The zero-order valence-corrected chi connectivity index (χ0v) is 20.6. The molecule has 184 valence electrons. The molecule has 1 heterocycles. The highest BCUT2D eigenvalue weighted by atomic mass is 19.1. The Balaban J connectivity index is 2.04. The Hall–Kier alpha value is -3.63. The maximum atomic E-state index is 13.9. The van der Waals surface area contributed by atoms with E-state index in [0.717, 1.165) is 10.8 Å². The quantitative estimate of drug-likeness (QED) is 0.585. The first-order valence-electron chi connectivity index (χ1n) is 11.5. The molecule has 1 aliphatic heterocycles. The molecule has 0 saturated carbocycles. The minimum absolute atomic E-state index is 0.143. The van der Waals surface area contributed by atoms with E-state index in [1.165, 1.54) is 7.11 Å². The third-order valence-electron chi connectivity index (χ3n) is 6.36. The number of halogens is 1. The van der Waals surface area contributed by atoms with Gasteiger partial charge in [-0.1, -0.05) is 37.4 Å². The number of ether oxygens (including phenoxy) is 2. The number of nitrogens with zero attached hydrogens (tertiary/aromatic N) is 3. The second-order valence-corrected chi connectivity index (χ2v) is 8.61. The maximum Gasteiger partial charge on any atom is 0.244 e. The Morgan fingerprint density at radius 3 is 2.63 bits per heavy atom. The second-order valence-electron chi connectivity index (χ2n) is 8.61. The summed E-state index contributed by atoms with van der Waals surface area (Å²) in [6.07, 6.45) is 3.36. The molecule has 0 aromatic heterocycles. The van der Waals surface area contributed by atoms with Crippen LogP contribution in [0.2, 0.25) is 0 Å². The first-order chi connectivity index (χ1) is 16.8. The molecule has 3 rings (SSSR count). The largest absolute Gasteiger partial charge is 0.497 e. The molecule has 2 aromatic rings. The lowest BCUT2D eigenvalue weighted by Gasteiger charge is -2.37. The number of amides is 1. The fourth-order valence-electron chi connectivity index (χ4n) is 4.57. The Labute approximate surface area is 206 Å². The number of carbonyl (C=O) groups excluding carboxylic acids is 1. The van der Waals surface area contributed by atoms with Crippen molar-refractivity contribution in [3.63, 3.8) is 0 Å². The van der Waals surface area contributed by atoms with Crippen molar-refractivity contribution in [1.82, 2.24) is 9.80 Å². The fraction of sp³-hybridized carbons (Fsp3) is 0.357. The number of likely N-dealkylation sites (tertiary alicyclic amines) is 1. The lowest BCUT2D eigenvalue weighted by Crippen LogP contribution is -2.45. The van der Waals surface area contributed by atoms with E-state index in [4.69, 9.17) is 9.47 Å². The molecule has 7 heteroatoms. The summed E-state index contributed by atoms with van der Waals surface area (Å²) in [5.74, 6) is 0.912. The average molecular weight is 478 g/mol. The Morgan fingerprint density at radius 1 is 1.31 bits per heavy atom. The summed E-state index contributed by atoms with van der Waals surface area (Å²) < 4.78 is 24.9. The summed E-state index contributed by atoms with van der Waals surface area (Å²) in [4.78, 5) is 17.6. The number of rotatable bonds is 8. The van der Waals surface area contributed by atoms with Gasteiger partial charge in [0.25, 0.3) is 0 Å². The van der Waals surface area contributed by atoms with Gasteiger partial charge in [0.1, 0.15) is 29.8 Å². The zero-order chi connectivity index (χ0) is 25.5. The molecule has 0 bridgehead atoms. The van der Waals surface area contributed by atoms with Crippen LogP contribution in [0.1, 0.15) is 35.6 Å². The smallest absolute Gasteiger partial charge is 0.244 e. The van der Waals surface area contributed by atoms with Gasteiger partial charge in [0.2, 0.25) is 5.91 Å². The predicted octanol–water partition coefficient (Wildman–Crippen LogP) is 3.09. The monoisotopic (exact) mass is 477 g/mol. The molecule has 0 radical (unpaired) electrons. The van der Waals surface area contributed by atoms with Gasteiger partial charge < -0.3 is 14.4 Å². The van der Waals surface area contributed by atoms with Crippen LogP contribution in [-0.2, 0) is 11.3 Å². The van der Waals surface area contributed by atoms with E-state index >= 15 is 0 Å². The Kier molecular flexibility index (Phi) is 8.67. The zero-order valence-electron chi connectivity index (χ0n) is 20.6. The average Bonchev–Trinajstić information content (AvgIpc) is 2.87. The molecule has 1 saturated heterocycles. The summed E-state index contributed by atoms with van der Waals surface area (Å²) in [7, 11) is 4.80. The van der Waals surface area contributed by atoms with E-state index in [2.05, 4.69) is 19.2 Å². The van der Waals surface area contributed by atoms with Crippen LogP contribution in [0.25, 0.3) is 12.7 Å². The minimum Gasteiger partial charge on any atom is -0.497 e. The summed E-state index contributed by atoms with van der Waals surface area (Å²) in [6.45, 7) is 9.01. The van der Waals surface area contributed by atoms with E-state index in [0.29, 0.717) is 53.8 Å². The van der Waals surface area contributed by atoms with E-state index < -0.39 is 12.2 Å². The SMILES string of the molecule is C=C/C=c1/c(CN(C)C(=O)C(c2cccc(OC)c2)N2CCC(F)CC2)c(OC)c(C#N)cc1=C. The van der Waals surface area contributed by atoms with E-state index in [1.807, 2.05) is 29.2 Å². The van der Waals surface area contributed by atoms with Crippen molar-refractivity contribution in [3.8, 4) is 17.6 Å². The van der Waals surface area contributed by atoms with Gasteiger partial charge in [-0.15, -0.1) is 0 Å². The minimum atomic E-state index is -0.851. The summed E-state index contributed by atoms with van der Waals surface area (Å²) >= 11 is 0. The molecule has 0 N–H and O–H groups in total. The van der Waals surface area contributed by atoms with E-state index in [1.54, 1.807) is 37.3 Å². The van der Waals surface area contributed by atoms with Crippen molar-refractivity contribution in [1.29, 1.82) is 5.26 Å². The molecule has 1 unspecified atom stereocenters. The highest BCUT2D eigenvalue weighted by molar-refractivity contribution is 5.83. The number of piperidine rings is 1. The van der Waals surface area contributed by atoms with E-state index in [9.17, 15) is 14.4 Å². The third kappa shape index (κ3) is 5.72. The molecule has 35 heavy (non-hydrogen) atoms. The van der Waals surface area contributed by atoms with Crippen LogP contribution in [0.4, 0.5) is 4.39 Å². The predicted molar refractivity (Wildman–Crippen MR) is 135 cm³/mol. The van der Waals surface area contributed by atoms with Crippen molar-refractivity contribution in [2.75, 3.05) is 34.4 Å². The molecular weight excluding hydrogens is 445 g/mol. The van der Waals surface area contributed by atoms with Crippen molar-refractivity contribution >= 4 is 18.6 Å². The molecule has 1 aliphatic rings. The molecule has 0 aliphatic carbocycles. The summed E-state index contributed by atoms with van der Waals surface area (Å²) in [6, 6.07) is 10.6. The van der Waals surface area contributed by atoms with Crippen molar-refractivity contribution in [3.05, 3.63) is 70.1 Å². The van der Waals surface area contributed by atoms with Crippen LogP contribution in [0.15, 0.2) is 43.0 Å². The number of hydrogen-bond donors (Lipinski definition) is 0. The van der Waals surface area contributed by atoms with Crippen LogP contribution in [0.3, 0.4) is 0 Å². The van der Waals surface area contributed by atoms with Gasteiger partial charge >= 0.3 is 0 Å². The third-order valence-corrected chi connectivity index (χ3v) is 6.36. The molecule has 1 fully saturated rings. The van der Waals surface area contributed by atoms with Crippen LogP contribution < -0.4 is 19.9 Å². The topological polar surface area (TPSA) is 65.8 Å². The molecule has 1 amide bonds. The molecule has 6 nitrogen and oxygen atoms in total. The van der Waals surface area contributed by atoms with Gasteiger partial charge in [-0.05, 0) is 47.0 Å². The van der Waals surface area contributed by atoms with Gasteiger partial charge in [0.15, 0.2) is 0 Å². The Bertz CT molecular complexity index is 1230. The molecule has 0 spiro atoms. The van der Waals surface area contributed by atoms with Crippen molar-refractivity contribution in [2.24, 2.45) is 0 Å². The van der Waals surface area contributed by atoms with Crippen LogP contribution in [-0.4, -0.2) is 56.2 Å². The van der Waals surface area contributed by atoms with Crippen LogP contribution in [0, 0.1) is 11.3 Å². The highest BCUT2D eigenvalue weighted by Gasteiger charge is 2.33. The number of hydrogen-bond acceptors (Lipinski definition) is 5. The van der Waals surface area contributed by atoms with Gasteiger partial charge in [-0.25, -0.2) is 4.39 Å². The molecule has 1 atom stereocenters. The second kappa shape index (κ2) is 11.7. The molecule has 2 aromatic carbocycles. The van der Waals surface area contributed by atoms with Crippen molar-refractivity contribution < 1.29 is 18.7 Å². The first-order valence-corrected chi connectivity index (χ1v) is 11.5. The number of likely N-dealkylation sites (N-methyl/N-ethyl adjacent to an activating group) is 1. The standard InChI is InChI=1S/C28H32FN3O3/c1-6-8-24-19(2)15-21(17-30)27(35-5)25(24)18-31(3)28(33)26(32-13-11-22(29)12-14-32)20-9-7-10-23(16-20)34-4/h6-10,15-16,22,26H,1-2,11-14,18H2,3-5H3/b24-8+. The van der Waals surface area contributed by atoms with Crippen LogP contribution in [0.5, 0.6) is 11.5 Å². The number of allylic oxidation sites excluding steroid dienone is 1. The highest BCUT2D eigenvalue weighted by Crippen LogP contribution is 2.30. The number of methoxy groups -OCH3 is 2. The van der Waals surface area contributed by atoms with Gasteiger partial charge in [0, 0.05) is 32.2 Å². The van der Waals surface area contributed by atoms with Gasteiger partial charge in [-0.3, -0.25) is 9.69 Å². The first kappa shape index (κ1) is 26.0. The Morgan fingerprint density at radius 2 is 2.03 bits per heavy atom. The van der Waals surface area contributed by atoms with Crippen LogP contribution >= 0.6 is 0 Å². The normalized spacial score (nSPS) is 15.8. The van der Waals surface area contributed by atoms with Gasteiger partial charge in [-0.2, -0.15) is 5.26 Å². The summed E-state index contributed by atoms with van der Waals surface area (Å²) in [5, 5.41) is 11.0. The molecular formula is C28H32FN3O3. The lowest BCUT2D eigenvalue weighted by atomic mass is 9.98. The van der Waals surface area contributed by atoms with Crippen molar-refractivity contribution in [2.45, 2.75) is 31.6 Å². The number of carbonyl (C=O) groups is 1. The fourth-order valence-corrected chi connectivity index (χ4v) is 4.57. The lowest BCUT2D eigenvalue weighted by molar-refractivity contribution is -0.137. The maximum absolute atomic E-state index is 13.9. The number of alkyl halides is 1. The number of nitriles is 1.